The molecule has 2 amide bonds. The van der Waals surface area contributed by atoms with E-state index in [0.29, 0.717) is 24.4 Å². The molecule has 3 aromatic rings. The topological polar surface area (TPSA) is 126 Å². The van der Waals surface area contributed by atoms with Crippen molar-refractivity contribution in [2.45, 2.75) is 13.1 Å². The molecule has 0 aliphatic rings. The highest BCUT2D eigenvalue weighted by Crippen LogP contribution is 2.21. The van der Waals surface area contributed by atoms with Crippen molar-refractivity contribution >= 4 is 66.5 Å². The maximum absolute atomic E-state index is 13.3. The number of hydrogen-bond donors (Lipinski definition) is 4. The highest BCUT2D eigenvalue weighted by Gasteiger charge is 2.17. The summed E-state index contributed by atoms with van der Waals surface area (Å²) in [4.78, 5) is 28.5. The van der Waals surface area contributed by atoms with Gasteiger partial charge in [-0.15, -0.1) is 37.2 Å². The Hall–Kier alpha value is -2.50. The molecule has 0 bridgehead atoms. The first-order chi connectivity index (χ1) is 13.9. The summed E-state index contributed by atoms with van der Waals surface area (Å²) in [5, 5.41) is 11.0. The third kappa shape index (κ3) is 7.28. The molecule has 0 radical (unpaired) electrons. The van der Waals surface area contributed by atoms with Crippen molar-refractivity contribution < 1.29 is 18.4 Å². The summed E-state index contributed by atoms with van der Waals surface area (Å²) in [5.74, 6) is -3.67. The Balaban J connectivity index is 0.00000320. The van der Waals surface area contributed by atoms with Crippen LogP contribution in [0, 0.1) is 11.6 Å². The van der Waals surface area contributed by atoms with Gasteiger partial charge in [-0.1, -0.05) is 11.6 Å². The molecule has 32 heavy (non-hydrogen) atoms. The highest BCUT2D eigenvalue weighted by molar-refractivity contribution is 6.34. The summed E-state index contributed by atoms with van der Waals surface area (Å²) in [6.45, 7) is 0.521. The van der Waals surface area contributed by atoms with Crippen LogP contribution in [0.15, 0.2) is 36.5 Å². The van der Waals surface area contributed by atoms with Gasteiger partial charge in [-0.2, -0.15) is 5.10 Å². The second-order valence-electron chi connectivity index (χ2n) is 5.91. The summed E-state index contributed by atoms with van der Waals surface area (Å²) in [7, 11) is 0. The van der Waals surface area contributed by atoms with E-state index < -0.39 is 23.4 Å². The Morgan fingerprint density at radius 3 is 2.44 bits per heavy atom. The lowest BCUT2D eigenvalue weighted by Crippen LogP contribution is -2.23. The van der Waals surface area contributed by atoms with Gasteiger partial charge in [0.05, 0.1) is 22.8 Å². The van der Waals surface area contributed by atoms with Crippen molar-refractivity contribution in [2.24, 2.45) is 5.73 Å². The molecular formula is C18H18Cl4F2N6O2. The number of nitrogens with one attached hydrogen (secondary N) is 3. The number of benzene rings is 1. The normalized spacial score (nSPS) is 9.62. The zero-order valence-electron chi connectivity index (χ0n) is 16.0. The molecule has 0 atom stereocenters. The van der Waals surface area contributed by atoms with Crippen molar-refractivity contribution in [3.63, 3.8) is 0 Å². The van der Waals surface area contributed by atoms with Gasteiger partial charge in [0.25, 0.3) is 11.8 Å². The minimum Gasteiger partial charge on any atom is -0.345 e. The Kier molecular flexibility index (Phi) is 12.1. The van der Waals surface area contributed by atoms with Crippen molar-refractivity contribution in [3.8, 4) is 0 Å². The predicted octanol–water partition coefficient (Wildman–Crippen LogP) is 3.64. The number of rotatable bonds is 6. The number of pyridine rings is 1. The van der Waals surface area contributed by atoms with Gasteiger partial charge in [-0.05, 0) is 29.8 Å². The zero-order chi connectivity index (χ0) is 21.0. The third-order valence-electron chi connectivity index (χ3n) is 3.87. The van der Waals surface area contributed by atoms with E-state index in [2.05, 4.69) is 25.8 Å². The van der Waals surface area contributed by atoms with Gasteiger partial charge in [0.1, 0.15) is 5.69 Å². The SMILES string of the molecule is Cl.Cl.Cl.NCc1ccnc(CNC(=O)c2cc(NC(=O)c3cc(F)c(F)cc3Cl)n[nH]2)c1. The first-order valence-electron chi connectivity index (χ1n) is 8.30. The molecule has 14 heteroatoms. The number of anilines is 1. The lowest BCUT2D eigenvalue weighted by Gasteiger charge is -2.05. The van der Waals surface area contributed by atoms with Crippen LogP contribution in [0.2, 0.25) is 5.02 Å². The van der Waals surface area contributed by atoms with E-state index in [4.69, 9.17) is 17.3 Å². The second kappa shape index (κ2) is 13.1. The Labute approximate surface area is 204 Å². The smallest absolute Gasteiger partial charge is 0.269 e. The van der Waals surface area contributed by atoms with Crippen LogP contribution >= 0.6 is 48.8 Å². The number of amides is 2. The summed E-state index contributed by atoms with van der Waals surface area (Å²) < 4.78 is 26.5. The monoisotopic (exact) mass is 528 g/mol. The molecule has 0 fully saturated rings. The van der Waals surface area contributed by atoms with E-state index in [-0.39, 0.29) is 65.9 Å². The molecule has 5 N–H and O–H groups in total. The molecule has 2 heterocycles. The fourth-order valence-corrected chi connectivity index (χ4v) is 2.64. The second-order valence-corrected chi connectivity index (χ2v) is 6.32. The standard InChI is InChI=1S/C18H15ClF2N6O2.3ClH/c19-12-5-14(21)13(20)4-11(12)17(28)25-16-6-15(26-27-16)18(29)24-8-10-3-9(7-22)1-2-23-10;;;/h1-6H,7-8,22H2,(H,24,29)(H2,25,26,27,28);3*1H. The molecule has 0 saturated carbocycles. The quantitative estimate of drug-likeness (QED) is 0.363. The number of carbonyl (C=O) groups excluding carboxylic acids is 2. The van der Waals surface area contributed by atoms with Crippen LogP contribution in [0.25, 0.3) is 0 Å². The van der Waals surface area contributed by atoms with Crippen molar-refractivity contribution in [1.29, 1.82) is 0 Å². The third-order valence-corrected chi connectivity index (χ3v) is 4.18. The number of hydrogen-bond acceptors (Lipinski definition) is 5. The highest BCUT2D eigenvalue weighted by atomic mass is 35.5. The zero-order valence-corrected chi connectivity index (χ0v) is 19.2. The van der Waals surface area contributed by atoms with E-state index >= 15 is 0 Å². The first kappa shape index (κ1) is 29.5. The average Bonchev–Trinajstić information content (AvgIpc) is 3.17. The number of aromatic amines is 1. The molecule has 174 valence electrons. The van der Waals surface area contributed by atoms with E-state index in [0.717, 1.165) is 5.56 Å². The summed E-state index contributed by atoms with van der Waals surface area (Å²) >= 11 is 5.77. The maximum Gasteiger partial charge on any atom is 0.269 e. The molecule has 2 aromatic heterocycles. The number of H-pyrrole nitrogens is 1. The summed E-state index contributed by atoms with van der Waals surface area (Å²) in [6.07, 6.45) is 1.59. The van der Waals surface area contributed by atoms with Gasteiger partial charge in [-0.25, -0.2) is 8.78 Å². The van der Waals surface area contributed by atoms with E-state index in [1.165, 1.54) is 6.07 Å². The fourth-order valence-electron chi connectivity index (χ4n) is 2.40. The molecular weight excluding hydrogens is 512 g/mol. The largest absolute Gasteiger partial charge is 0.345 e. The lowest BCUT2D eigenvalue weighted by molar-refractivity contribution is 0.0944. The van der Waals surface area contributed by atoms with Crippen molar-refractivity contribution in [1.82, 2.24) is 20.5 Å². The van der Waals surface area contributed by atoms with Crippen LogP contribution in [-0.2, 0) is 13.1 Å². The number of halogens is 6. The van der Waals surface area contributed by atoms with Crippen LogP contribution in [0.3, 0.4) is 0 Å². The molecule has 1 aromatic carbocycles. The minimum atomic E-state index is -1.21. The number of nitrogens with zero attached hydrogens (tertiary/aromatic N) is 2. The van der Waals surface area contributed by atoms with Gasteiger partial charge in [0.15, 0.2) is 17.5 Å². The van der Waals surface area contributed by atoms with Gasteiger partial charge in [-0.3, -0.25) is 19.7 Å². The van der Waals surface area contributed by atoms with Crippen molar-refractivity contribution in [3.05, 3.63) is 75.7 Å². The predicted molar refractivity (Wildman–Crippen MR) is 123 cm³/mol. The summed E-state index contributed by atoms with van der Waals surface area (Å²) in [5.41, 5.74) is 6.88. The molecule has 8 nitrogen and oxygen atoms in total. The molecule has 0 aliphatic carbocycles. The maximum atomic E-state index is 13.3. The Morgan fingerprint density at radius 2 is 1.75 bits per heavy atom. The molecule has 0 spiro atoms. The first-order valence-corrected chi connectivity index (χ1v) is 8.68. The van der Waals surface area contributed by atoms with Crippen LogP contribution in [0.5, 0.6) is 0 Å². The van der Waals surface area contributed by atoms with Crippen LogP contribution in [-0.4, -0.2) is 27.0 Å². The van der Waals surface area contributed by atoms with Gasteiger partial charge in [0.2, 0.25) is 0 Å². The molecule has 0 aliphatic heterocycles. The number of nitrogens with two attached hydrogens (primary N) is 1. The van der Waals surface area contributed by atoms with Crippen LogP contribution in [0.1, 0.15) is 32.1 Å². The Morgan fingerprint density at radius 1 is 1.06 bits per heavy atom. The van der Waals surface area contributed by atoms with E-state index in [9.17, 15) is 18.4 Å². The van der Waals surface area contributed by atoms with E-state index in [1.54, 1.807) is 18.3 Å². The van der Waals surface area contributed by atoms with Gasteiger partial charge < -0.3 is 16.4 Å². The molecule has 3 rings (SSSR count). The average molecular weight is 530 g/mol. The van der Waals surface area contributed by atoms with Crippen LogP contribution < -0.4 is 16.4 Å². The lowest BCUT2D eigenvalue weighted by atomic mass is 10.2. The van der Waals surface area contributed by atoms with E-state index in [1.807, 2.05) is 0 Å². The minimum absolute atomic E-state index is 0. The fraction of sp³-hybridized carbons (Fsp3) is 0.111. The van der Waals surface area contributed by atoms with Crippen molar-refractivity contribution in [2.75, 3.05) is 5.32 Å². The Bertz CT molecular complexity index is 1080. The van der Waals surface area contributed by atoms with Gasteiger partial charge >= 0.3 is 0 Å². The van der Waals surface area contributed by atoms with Gasteiger partial charge in [0, 0.05) is 18.8 Å². The number of carbonyl (C=O) groups is 2. The molecule has 0 saturated heterocycles. The molecule has 0 unspecified atom stereocenters. The number of aromatic nitrogens is 3. The summed E-state index contributed by atoms with van der Waals surface area (Å²) in [6, 6.07) is 6.20. The van der Waals surface area contributed by atoms with Crippen LogP contribution in [0.4, 0.5) is 14.6 Å².